The van der Waals surface area contributed by atoms with Crippen molar-refractivity contribution in [2.75, 3.05) is 0 Å². The summed E-state index contributed by atoms with van der Waals surface area (Å²) in [6, 6.07) is 16.4. The van der Waals surface area contributed by atoms with E-state index in [0.717, 1.165) is 16.7 Å². The Hall–Kier alpha value is -2.31. The first-order chi connectivity index (χ1) is 12.6. The zero-order valence-corrected chi connectivity index (χ0v) is 15.1. The lowest BCUT2D eigenvalue weighted by Gasteiger charge is -2.08. The van der Waals surface area contributed by atoms with Gasteiger partial charge in [-0.2, -0.15) is 0 Å². The van der Waals surface area contributed by atoms with Gasteiger partial charge in [0, 0.05) is 28.7 Å². The third kappa shape index (κ3) is 4.45. The molecule has 0 radical (unpaired) electrons. The lowest BCUT2D eigenvalue weighted by atomic mass is 10.1. The van der Waals surface area contributed by atoms with E-state index in [1.807, 2.05) is 36.4 Å². The minimum absolute atomic E-state index is 0.0492. The molecular weight excluding hydrogens is 375 g/mol. The first-order valence-electron chi connectivity index (χ1n) is 7.85. The second kappa shape index (κ2) is 8.38. The topological polar surface area (TPSA) is 74.5 Å². The van der Waals surface area contributed by atoms with Gasteiger partial charge in [0.05, 0.1) is 0 Å². The van der Waals surface area contributed by atoms with Crippen LogP contribution in [-0.4, -0.2) is 11.1 Å². The molecule has 0 unspecified atom stereocenters. The van der Waals surface area contributed by atoms with Crippen LogP contribution in [0.25, 0.3) is 11.3 Å². The number of hydrogen-bond donors (Lipinski definition) is 3. The number of hydrogen-bond acceptors (Lipinski definition) is 4. The zero-order valence-electron chi connectivity index (χ0n) is 13.6. The van der Waals surface area contributed by atoms with Gasteiger partial charge in [0.1, 0.15) is 5.76 Å². The fourth-order valence-corrected chi connectivity index (χ4v) is 2.94. The standard InChI is InChI=1S/C19H16Cl2N2O3/c20-15-6-5-14(16(21)9-15)11-22-10-12-1-3-13(4-2-12)17-7-8-18(26-17)19(24)23-25/h1-9,22,25H,10-11H2,(H,23,24). The number of carbonyl (C=O) groups excluding carboxylic acids is 1. The summed E-state index contributed by atoms with van der Waals surface area (Å²) in [6.07, 6.45) is 0. The van der Waals surface area contributed by atoms with E-state index in [-0.39, 0.29) is 5.76 Å². The van der Waals surface area contributed by atoms with Crippen LogP contribution in [0, 0.1) is 0 Å². The van der Waals surface area contributed by atoms with E-state index in [9.17, 15) is 4.79 Å². The quantitative estimate of drug-likeness (QED) is 0.422. The van der Waals surface area contributed by atoms with Crippen molar-refractivity contribution in [1.82, 2.24) is 10.8 Å². The molecule has 0 saturated heterocycles. The van der Waals surface area contributed by atoms with Crippen molar-refractivity contribution >= 4 is 29.1 Å². The molecule has 0 aliphatic rings. The van der Waals surface area contributed by atoms with Crippen LogP contribution in [0.15, 0.2) is 59.0 Å². The third-order valence-corrected chi connectivity index (χ3v) is 4.42. The van der Waals surface area contributed by atoms with Crippen LogP contribution in [0.1, 0.15) is 21.7 Å². The maximum absolute atomic E-state index is 11.3. The van der Waals surface area contributed by atoms with Crippen molar-refractivity contribution < 1.29 is 14.4 Å². The molecule has 1 amide bonds. The summed E-state index contributed by atoms with van der Waals surface area (Å²) in [4.78, 5) is 11.3. The van der Waals surface area contributed by atoms with Gasteiger partial charge < -0.3 is 9.73 Å². The summed E-state index contributed by atoms with van der Waals surface area (Å²) in [5.74, 6) is -0.0814. The van der Waals surface area contributed by atoms with E-state index in [1.54, 1.807) is 17.6 Å². The lowest BCUT2D eigenvalue weighted by molar-refractivity contribution is 0.0677. The monoisotopic (exact) mass is 390 g/mol. The number of hydroxylamine groups is 1. The third-order valence-electron chi connectivity index (χ3n) is 3.83. The van der Waals surface area contributed by atoms with Crippen molar-refractivity contribution in [2.24, 2.45) is 0 Å². The molecule has 1 heterocycles. The zero-order chi connectivity index (χ0) is 18.5. The number of benzene rings is 2. The molecule has 0 aliphatic heterocycles. The van der Waals surface area contributed by atoms with E-state index in [1.165, 1.54) is 6.07 Å². The molecule has 0 aliphatic carbocycles. The highest BCUT2D eigenvalue weighted by Gasteiger charge is 2.11. The summed E-state index contributed by atoms with van der Waals surface area (Å²) in [5, 5.41) is 13.2. The van der Waals surface area contributed by atoms with Crippen LogP contribution in [0.2, 0.25) is 10.0 Å². The Labute approximate surface area is 160 Å². The van der Waals surface area contributed by atoms with Gasteiger partial charge in [-0.1, -0.05) is 53.5 Å². The van der Waals surface area contributed by atoms with Crippen molar-refractivity contribution in [3.8, 4) is 11.3 Å². The Morgan fingerprint density at radius 2 is 1.77 bits per heavy atom. The first kappa shape index (κ1) is 18.5. The van der Waals surface area contributed by atoms with E-state index in [2.05, 4.69) is 5.32 Å². The Balaban J connectivity index is 1.59. The summed E-state index contributed by atoms with van der Waals surface area (Å²) < 4.78 is 5.41. The van der Waals surface area contributed by atoms with E-state index < -0.39 is 5.91 Å². The van der Waals surface area contributed by atoms with Gasteiger partial charge in [-0.25, -0.2) is 5.48 Å². The molecule has 0 saturated carbocycles. The minimum Gasteiger partial charge on any atom is -0.451 e. The molecule has 3 N–H and O–H groups in total. The second-order valence-corrected chi connectivity index (χ2v) is 6.48. The number of nitrogens with one attached hydrogen (secondary N) is 2. The van der Waals surface area contributed by atoms with Crippen LogP contribution in [-0.2, 0) is 13.1 Å². The molecule has 26 heavy (non-hydrogen) atoms. The summed E-state index contributed by atoms with van der Waals surface area (Å²) in [6.45, 7) is 1.31. The average Bonchev–Trinajstić information content (AvgIpc) is 3.13. The highest BCUT2D eigenvalue weighted by molar-refractivity contribution is 6.35. The smallest absolute Gasteiger partial charge is 0.310 e. The highest BCUT2D eigenvalue weighted by atomic mass is 35.5. The van der Waals surface area contributed by atoms with Gasteiger partial charge in [0.25, 0.3) is 0 Å². The van der Waals surface area contributed by atoms with Crippen molar-refractivity contribution in [2.45, 2.75) is 13.1 Å². The van der Waals surface area contributed by atoms with Crippen LogP contribution >= 0.6 is 23.2 Å². The Bertz CT molecular complexity index is 907. The molecule has 0 fully saturated rings. The van der Waals surface area contributed by atoms with Crippen molar-refractivity contribution in [1.29, 1.82) is 0 Å². The molecular formula is C19H16Cl2N2O3. The maximum atomic E-state index is 11.3. The molecule has 0 bridgehead atoms. The summed E-state index contributed by atoms with van der Waals surface area (Å²) in [5.41, 5.74) is 4.46. The molecule has 5 nitrogen and oxygen atoms in total. The molecule has 0 atom stereocenters. The van der Waals surface area contributed by atoms with Crippen molar-refractivity contribution in [3.05, 3.63) is 81.5 Å². The lowest BCUT2D eigenvalue weighted by Crippen LogP contribution is -2.17. The normalized spacial score (nSPS) is 10.7. The average molecular weight is 391 g/mol. The molecule has 134 valence electrons. The number of furan rings is 1. The van der Waals surface area contributed by atoms with Crippen LogP contribution < -0.4 is 10.8 Å². The molecule has 2 aromatic carbocycles. The fourth-order valence-electron chi connectivity index (χ4n) is 2.46. The fraction of sp³-hybridized carbons (Fsp3) is 0.105. The minimum atomic E-state index is -0.682. The van der Waals surface area contributed by atoms with E-state index >= 15 is 0 Å². The first-order valence-corrected chi connectivity index (χ1v) is 8.60. The van der Waals surface area contributed by atoms with E-state index in [4.69, 9.17) is 32.8 Å². The van der Waals surface area contributed by atoms with E-state index in [0.29, 0.717) is 28.9 Å². The molecule has 3 rings (SSSR count). The van der Waals surface area contributed by atoms with Crippen molar-refractivity contribution in [3.63, 3.8) is 0 Å². The van der Waals surface area contributed by atoms with Crippen LogP contribution in [0.4, 0.5) is 0 Å². The van der Waals surface area contributed by atoms with Crippen LogP contribution in [0.3, 0.4) is 0 Å². The Kier molecular flexibility index (Phi) is 5.96. The number of carbonyl (C=O) groups is 1. The number of rotatable bonds is 6. The molecule has 0 spiro atoms. The Morgan fingerprint density at radius 1 is 1.00 bits per heavy atom. The van der Waals surface area contributed by atoms with Gasteiger partial charge in [0.15, 0.2) is 5.76 Å². The van der Waals surface area contributed by atoms with Crippen LogP contribution in [0.5, 0.6) is 0 Å². The molecule has 3 aromatic rings. The maximum Gasteiger partial charge on any atom is 0.310 e. The predicted octanol–water partition coefficient (Wildman–Crippen LogP) is 4.66. The predicted molar refractivity (Wildman–Crippen MR) is 100 cm³/mol. The highest BCUT2D eigenvalue weighted by Crippen LogP contribution is 2.23. The number of halogens is 2. The second-order valence-electron chi connectivity index (χ2n) is 5.64. The van der Waals surface area contributed by atoms with Gasteiger partial charge in [-0.15, -0.1) is 0 Å². The molecule has 1 aromatic heterocycles. The van der Waals surface area contributed by atoms with Gasteiger partial charge in [-0.3, -0.25) is 10.0 Å². The largest absolute Gasteiger partial charge is 0.451 e. The SMILES string of the molecule is O=C(NO)c1ccc(-c2ccc(CNCc3ccc(Cl)cc3Cl)cc2)o1. The summed E-state index contributed by atoms with van der Waals surface area (Å²) in [7, 11) is 0. The number of amides is 1. The Morgan fingerprint density at radius 3 is 2.46 bits per heavy atom. The summed E-state index contributed by atoms with van der Waals surface area (Å²) >= 11 is 12.0. The van der Waals surface area contributed by atoms with Gasteiger partial charge in [-0.05, 0) is 35.4 Å². The molecule has 7 heteroatoms. The van der Waals surface area contributed by atoms with Gasteiger partial charge in [0.2, 0.25) is 0 Å². The van der Waals surface area contributed by atoms with Gasteiger partial charge >= 0.3 is 5.91 Å².